The van der Waals surface area contributed by atoms with Gasteiger partial charge in [0.2, 0.25) is 0 Å². The molecule has 0 unspecified atom stereocenters. The predicted molar refractivity (Wildman–Crippen MR) is 50.5 cm³/mol. The Morgan fingerprint density at radius 1 is 1.77 bits per heavy atom. The maximum atomic E-state index is 10.5. The smallest absolute Gasteiger partial charge is 0.345 e. The fourth-order valence-corrected chi connectivity index (χ4v) is 1.60. The molecule has 0 atom stereocenters. The monoisotopic (exact) mass is 199 g/mol. The minimum absolute atomic E-state index is 0.348. The quantitative estimate of drug-likeness (QED) is 0.592. The lowest BCUT2D eigenvalue weighted by Crippen LogP contribution is -1.89. The summed E-state index contributed by atoms with van der Waals surface area (Å²) >= 11 is 1.25. The Bertz CT molecular complexity index is 319. The number of hydrogen-bond donors (Lipinski definition) is 1. The fourth-order valence-electron chi connectivity index (χ4n) is 0.804. The van der Waals surface area contributed by atoms with Gasteiger partial charge in [-0.2, -0.15) is 0 Å². The fraction of sp³-hybridized carbons (Fsp3) is 0.250. The second-order valence-corrected chi connectivity index (χ2v) is 3.41. The first-order chi connectivity index (χ1) is 6.24. The predicted octanol–water partition coefficient (Wildman–Crippen LogP) is 1.62. The van der Waals surface area contributed by atoms with E-state index in [1.54, 1.807) is 18.3 Å². The second kappa shape index (κ2) is 4.61. The van der Waals surface area contributed by atoms with Crippen LogP contribution in [0.2, 0.25) is 0 Å². The summed E-state index contributed by atoms with van der Waals surface area (Å²) in [4.78, 5) is 16.3. The van der Waals surface area contributed by atoms with Crippen LogP contribution >= 0.6 is 11.3 Å². The third-order valence-electron chi connectivity index (χ3n) is 1.34. The second-order valence-electron chi connectivity index (χ2n) is 2.25. The number of carboxylic acid groups (broad SMARTS) is 1. The molecule has 0 amide bonds. The summed E-state index contributed by atoms with van der Waals surface area (Å²) < 4.78 is 0. The van der Waals surface area contributed by atoms with Gasteiger partial charge in [0.05, 0.1) is 0 Å². The zero-order valence-electron chi connectivity index (χ0n) is 7.06. The summed E-state index contributed by atoms with van der Waals surface area (Å²) in [6.07, 6.45) is 2.20. The number of hydrogen-bond acceptors (Lipinski definition) is 4. The number of rotatable bonds is 4. The molecular formula is C8H9NO3S. The van der Waals surface area contributed by atoms with Crippen LogP contribution in [-0.2, 0) is 11.3 Å². The Morgan fingerprint density at radius 3 is 3.08 bits per heavy atom. The summed E-state index contributed by atoms with van der Waals surface area (Å²) in [5.74, 6) is -0.889. The summed E-state index contributed by atoms with van der Waals surface area (Å²) in [6, 6.07) is 3.36. The van der Waals surface area contributed by atoms with Gasteiger partial charge in [0.15, 0.2) is 0 Å². The van der Waals surface area contributed by atoms with Gasteiger partial charge in [-0.05, 0) is 12.1 Å². The van der Waals surface area contributed by atoms with Gasteiger partial charge >= 0.3 is 5.97 Å². The maximum Gasteiger partial charge on any atom is 0.345 e. The minimum Gasteiger partial charge on any atom is -0.477 e. The highest BCUT2D eigenvalue weighted by Crippen LogP contribution is 2.16. The SMILES string of the molecule is CON=CCc1ccc(C(=O)O)s1. The number of nitrogens with zero attached hydrogens (tertiary/aromatic N) is 1. The molecule has 1 aromatic rings. The third-order valence-corrected chi connectivity index (χ3v) is 2.44. The molecule has 0 saturated heterocycles. The third kappa shape index (κ3) is 2.87. The van der Waals surface area contributed by atoms with E-state index in [2.05, 4.69) is 9.99 Å². The van der Waals surface area contributed by atoms with Crippen LogP contribution in [0.1, 0.15) is 14.5 Å². The largest absolute Gasteiger partial charge is 0.477 e. The van der Waals surface area contributed by atoms with Crippen LogP contribution in [0.5, 0.6) is 0 Å². The molecule has 1 rings (SSSR count). The van der Waals surface area contributed by atoms with Crippen LogP contribution in [0.25, 0.3) is 0 Å². The molecular weight excluding hydrogens is 190 g/mol. The Labute approximate surface area is 79.5 Å². The van der Waals surface area contributed by atoms with E-state index in [1.807, 2.05) is 0 Å². The first-order valence-corrected chi connectivity index (χ1v) is 4.42. The van der Waals surface area contributed by atoms with Gasteiger partial charge in [0.25, 0.3) is 0 Å². The summed E-state index contributed by atoms with van der Waals surface area (Å²) in [5, 5.41) is 12.2. The van der Waals surface area contributed by atoms with Crippen LogP contribution in [-0.4, -0.2) is 24.4 Å². The van der Waals surface area contributed by atoms with E-state index < -0.39 is 5.97 Å². The normalized spacial score (nSPS) is 10.5. The van der Waals surface area contributed by atoms with Gasteiger partial charge in [-0.25, -0.2) is 4.79 Å². The maximum absolute atomic E-state index is 10.5. The summed E-state index contributed by atoms with van der Waals surface area (Å²) in [7, 11) is 1.47. The lowest BCUT2D eigenvalue weighted by molar-refractivity contribution is 0.0702. The van der Waals surface area contributed by atoms with E-state index in [0.717, 1.165) is 4.88 Å². The first-order valence-electron chi connectivity index (χ1n) is 3.61. The van der Waals surface area contributed by atoms with Crippen LogP contribution in [0, 0.1) is 0 Å². The standard InChI is InChI=1S/C8H9NO3S/c1-12-9-5-4-6-2-3-7(13-6)8(10)11/h2-3,5H,4H2,1H3,(H,10,11). The van der Waals surface area contributed by atoms with Gasteiger partial charge in [-0.1, -0.05) is 5.16 Å². The summed E-state index contributed by atoms with van der Waals surface area (Å²) in [6.45, 7) is 0. The Kier molecular flexibility index (Phi) is 3.45. The molecule has 5 heteroatoms. The topological polar surface area (TPSA) is 58.9 Å². The van der Waals surface area contributed by atoms with Crippen LogP contribution in [0.15, 0.2) is 17.3 Å². The van der Waals surface area contributed by atoms with Crippen molar-refractivity contribution in [1.29, 1.82) is 0 Å². The van der Waals surface area contributed by atoms with E-state index in [4.69, 9.17) is 5.11 Å². The van der Waals surface area contributed by atoms with Crippen LogP contribution < -0.4 is 0 Å². The van der Waals surface area contributed by atoms with Crippen molar-refractivity contribution in [1.82, 2.24) is 0 Å². The Hall–Kier alpha value is -1.36. The van der Waals surface area contributed by atoms with Crippen molar-refractivity contribution in [3.8, 4) is 0 Å². The molecule has 0 aromatic carbocycles. The molecule has 0 bridgehead atoms. The van der Waals surface area contributed by atoms with Crippen molar-refractivity contribution in [2.45, 2.75) is 6.42 Å². The molecule has 0 saturated carbocycles. The molecule has 0 aliphatic heterocycles. The molecule has 1 aromatic heterocycles. The molecule has 0 aliphatic rings. The number of oxime groups is 1. The van der Waals surface area contributed by atoms with E-state index in [1.165, 1.54) is 18.4 Å². The lowest BCUT2D eigenvalue weighted by Gasteiger charge is -1.87. The van der Waals surface area contributed by atoms with Crippen molar-refractivity contribution in [2.24, 2.45) is 5.16 Å². The summed E-state index contributed by atoms with van der Waals surface area (Å²) in [5.41, 5.74) is 0. The molecule has 1 heterocycles. The molecule has 4 nitrogen and oxygen atoms in total. The zero-order chi connectivity index (χ0) is 9.68. The molecule has 0 fully saturated rings. The molecule has 13 heavy (non-hydrogen) atoms. The highest BCUT2D eigenvalue weighted by molar-refractivity contribution is 7.14. The average molecular weight is 199 g/mol. The van der Waals surface area contributed by atoms with Crippen molar-refractivity contribution in [2.75, 3.05) is 7.11 Å². The van der Waals surface area contributed by atoms with Gasteiger partial charge < -0.3 is 9.94 Å². The Balaban J connectivity index is 2.59. The van der Waals surface area contributed by atoms with Crippen molar-refractivity contribution < 1.29 is 14.7 Å². The van der Waals surface area contributed by atoms with Crippen molar-refractivity contribution in [3.05, 3.63) is 21.9 Å². The highest BCUT2D eigenvalue weighted by Gasteiger charge is 2.05. The average Bonchev–Trinajstić information content (AvgIpc) is 2.53. The lowest BCUT2D eigenvalue weighted by atomic mass is 10.3. The Morgan fingerprint density at radius 2 is 2.54 bits per heavy atom. The van der Waals surface area contributed by atoms with E-state index in [-0.39, 0.29) is 0 Å². The number of thiophene rings is 1. The van der Waals surface area contributed by atoms with Gasteiger partial charge in [-0.15, -0.1) is 11.3 Å². The number of carbonyl (C=O) groups is 1. The van der Waals surface area contributed by atoms with E-state index >= 15 is 0 Å². The molecule has 70 valence electrons. The highest BCUT2D eigenvalue weighted by atomic mass is 32.1. The molecule has 1 N–H and O–H groups in total. The van der Waals surface area contributed by atoms with Gasteiger partial charge in [0, 0.05) is 17.5 Å². The van der Waals surface area contributed by atoms with Crippen molar-refractivity contribution >= 4 is 23.5 Å². The number of aromatic carboxylic acids is 1. The van der Waals surface area contributed by atoms with Gasteiger partial charge in [-0.3, -0.25) is 0 Å². The van der Waals surface area contributed by atoms with Crippen LogP contribution in [0.3, 0.4) is 0 Å². The van der Waals surface area contributed by atoms with Crippen LogP contribution in [0.4, 0.5) is 0 Å². The minimum atomic E-state index is -0.889. The van der Waals surface area contributed by atoms with Gasteiger partial charge in [0.1, 0.15) is 12.0 Å². The first kappa shape index (κ1) is 9.73. The van der Waals surface area contributed by atoms with E-state index in [0.29, 0.717) is 11.3 Å². The van der Waals surface area contributed by atoms with E-state index in [9.17, 15) is 4.79 Å². The molecule has 0 radical (unpaired) electrons. The molecule has 0 spiro atoms. The van der Waals surface area contributed by atoms with Crippen molar-refractivity contribution in [3.63, 3.8) is 0 Å². The number of carboxylic acids is 1. The zero-order valence-corrected chi connectivity index (χ0v) is 7.87. The molecule has 0 aliphatic carbocycles.